The molecule has 0 atom stereocenters. The number of aromatic nitrogens is 1. The molecule has 0 spiro atoms. The molecule has 0 unspecified atom stereocenters. The van der Waals surface area contributed by atoms with E-state index in [1.165, 1.54) is 11.3 Å². The van der Waals surface area contributed by atoms with Gasteiger partial charge in [0.25, 0.3) is 0 Å². The summed E-state index contributed by atoms with van der Waals surface area (Å²) in [6.45, 7) is 0. The van der Waals surface area contributed by atoms with Gasteiger partial charge in [-0.05, 0) is 29.0 Å². The Bertz CT molecular complexity index is 1090. The summed E-state index contributed by atoms with van der Waals surface area (Å²) in [5.41, 5.74) is 2.51. The molecule has 0 saturated heterocycles. The van der Waals surface area contributed by atoms with Crippen molar-refractivity contribution in [2.75, 3.05) is 10.6 Å². The molecule has 26 heavy (non-hydrogen) atoms. The predicted molar refractivity (Wildman–Crippen MR) is 109 cm³/mol. The zero-order valence-corrected chi connectivity index (χ0v) is 15.1. The minimum atomic E-state index is -0.355. The largest absolute Gasteiger partial charge is 0.325 e. The Balaban J connectivity index is 1.53. The molecule has 6 heteroatoms. The third kappa shape index (κ3) is 3.54. The average Bonchev–Trinajstić information content (AvgIpc) is 3.09. The first-order valence-corrected chi connectivity index (χ1v) is 9.22. The highest BCUT2D eigenvalue weighted by molar-refractivity contribution is 7.14. The highest BCUT2D eigenvalue weighted by Gasteiger charge is 2.10. The maximum absolute atomic E-state index is 12.2. The van der Waals surface area contributed by atoms with Crippen LogP contribution in [-0.2, 0) is 0 Å². The van der Waals surface area contributed by atoms with Gasteiger partial charge in [0.1, 0.15) is 0 Å². The molecule has 1 aromatic heterocycles. The maximum Gasteiger partial charge on any atom is 0.325 e. The van der Waals surface area contributed by atoms with Crippen molar-refractivity contribution >= 4 is 50.6 Å². The maximum atomic E-state index is 12.2. The Hall–Kier alpha value is -2.89. The van der Waals surface area contributed by atoms with E-state index in [1.807, 2.05) is 29.6 Å². The van der Waals surface area contributed by atoms with Gasteiger partial charge in [-0.3, -0.25) is 5.32 Å². The van der Waals surface area contributed by atoms with Crippen molar-refractivity contribution in [1.29, 1.82) is 0 Å². The molecule has 4 nitrogen and oxygen atoms in total. The quantitative estimate of drug-likeness (QED) is 0.441. The molecule has 2 N–H and O–H groups in total. The predicted octanol–water partition coefficient (Wildman–Crippen LogP) is 6.26. The molecule has 0 aliphatic rings. The number of hydrogen-bond acceptors (Lipinski definition) is 3. The van der Waals surface area contributed by atoms with Crippen LogP contribution < -0.4 is 10.6 Å². The van der Waals surface area contributed by atoms with E-state index in [-0.39, 0.29) is 6.03 Å². The van der Waals surface area contributed by atoms with Crippen molar-refractivity contribution < 1.29 is 4.79 Å². The van der Waals surface area contributed by atoms with Crippen molar-refractivity contribution in [3.05, 3.63) is 77.1 Å². The van der Waals surface area contributed by atoms with Gasteiger partial charge < -0.3 is 5.32 Å². The third-order valence-corrected chi connectivity index (χ3v) is 4.87. The number of urea groups is 1. The molecule has 2 amide bonds. The number of nitrogens with one attached hydrogen (secondary N) is 2. The van der Waals surface area contributed by atoms with Crippen molar-refractivity contribution in [2.45, 2.75) is 0 Å². The van der Waals surface area contributed by atoms with E-state index in [1.54, 1.807) is 24.3 Å². The number of halogens is 1. The van der Waals surface area contributed by atoms with E-state index in [4.69, 9.17) is 11.6 Å². The number of amides is 2. The van der Waals surface area contributed by atoms with E-state index >= 15 is 0 Å². The standard InChI is InChI=1S/C20H14ClN3OS/c21-14-7-4-8-15(11-14)22-19(25)24-20-23-18(12-26-20)17-10-3-6-13-5-1-2-9-16(13)17/h1-12H,(H2,22,23,24,25). The lowest BCUT2D eigenvalue weighted by Gasteiger charge is -2.06. The minimum Gasteiger partial charge on any atom is -0.308 e. The SMILES string of the molecule is O=C(Nc1cccc(Cl)c1)Nc1nc(-c2cccc3ccccc23)cs1. The van der Waals surface area contributed by atoms with Crippen LogP contribution in [0.2, 0.25) is 5.02 Å². The van der Waals surface area contributed by atoms with Crippen LogP contribution in [0.1, 0.15) is 0 Å². The number of anilines is 2. The summed E-state index contributed by atoms with van der Waals surface area (Å²) in [6.07, 6.45) is 0. The van der Waals surface area contributed by atoms with E-state index in [2.05, 4.69) is 33.8 Å². The van der Waals surface area contributed by atoms with Crippen molar-refractivity contribution in [3.63, 3.8) is 0 Å². The van der Waals surface area contributed by atoms with Crippen LogP contribution in [0.15, 0.2) is 72.1 Å². The summed E-state index contributed by atoms with van der Waals surface area (Å²) < 4.78 is 0. The van der Waals surface area contributed by atoms with Crippen LogP contribution in [0.3, 0.4) is 0 Å². The summed E-state index contributed by atoms with van der Waals surface area (Å²) in [7, 11) is 0. The van der Waals surface area contributed by atoms with Crippen molar-refractivity contribution in [1.82, 2.24) is 4.98 Å². The van der Waals surface area contributed by atoms with Gasteiger partial charge in [0, 0.05) is 21.7 Å². The molecule has 4 aromatic rings. The Morgan fingerprint density at radius 3 is 2.65 bits per heavy atom. The first-order valence-electron chi connectivity index (χ1n) is 7.96. The monoisotopic (exact) mass is 379 g/mol. The van der Waals surface area contributed by atoms with Gasteiger partial charge in [-0.2, -0.15) is 0 Å². The highest BCUT2D eigenvalue weighted by atomic mass is 35.5. The molecule has 0 aliphatic carbocycles. The highest BCUT2D eigenvalue weighted by Crippen LogP contribution is 2.31. The molecule has 0 fully saturated rings. The van der Waals surface area contributed by atoms with Gasteiger partial charge in [0.15, 0.2) is 5.13 Å². The number of carbonyl (C=O) groups excluding carboxylic acids is 1. The topological polar surface area (TPSA) is 54.0 Å². The van der Waals surface area contributed by atoms with Gasteiger partial charge in [-0.1, -0.05) is 60.1 Å². The van der Waals surface area contributed by atoms with Crippen LogP contribution in [0.4, 0.5) is 15.6 Å². The summed E-state index contributed by atoms with van der Waals surface area (Å²) in [4.78, 5) is 16.7. The van der Waals surface area contributed by atoms with E-state index < -0.39 is 0 Å². The molecular weight excluding hydrogens is 366 g/mol. The fourth-order valence-corrected chi connectivity index (χ4v) is 3.63. The zero-order chi connectivity index (χ0) is 17.9. The number of nitrogens with zero attached hydrogens (tertiary/aromatic N) is 1. The smallest absolute Gasteiger partial charge is 0.308 e. The normalized spacial score (nSPS) is 10.7. The first kappa shape index (κ1) is 16.6. The molecule has 0 radical (unpaired) electrons. The van der Waals surface area contributed by atoms with Gasteiger partial charge in [-0.15, -0.1) is 11.3 Å². The van der Waals surface area contributed by atoms with Crippen LogP contribution in [-0.4, -0.2) is 11.0 Å². The lowest BCUT2D eigenvalue weighted by atomic mass is 10.0. The molecule has 0 bridgehead atoms. The van der Waals surface area contributed by atoms with E-state index in [0.29, 0.717) is 15.8 Å². The van der Waals surface area contributed by atoms with Crippen molar-refractivity contribution in [3.8, 4) is 11.3 Å². The zero-order valence-electron chi connectivity index (χ0n) is 13.6. The number of hydrogen-bond donors (Lipinski definition) is 2. The lowest BCUT2D eigenvalue weighted by Crippen LogP contribution is -2.19. The summed E-state index contributed by atoms with van der Waals surface area (Å²) in [5.74, 6) is 0. The van der Waals surface area contributed by atoms with Gasteiger partial charge >= 0.3 is 6.03 Å². The number of fused-ring (bicyclic) bond motifs is 1. The van der Waals surface area contributed by atoms with Crippen LogP contribution in [0, 0.1) is 0 Å². The van der Waals surface area contributed by atoms with E-state index in [9.17, 15) is 4.79 Å². The van der Waals surface area contributed by atoms with Crippen LogP contribution >= 0.6 is 22.9 Å². The number of rotatable bonds is 3. The molecule has 0 saturated carbocycles. The molecular formula is C20H14ClN3OS. The van der Waals surface area contributed by atoms with E-state index in [0.717, 1.165) is 22.0 Å². The van der Waals surface area contributed by atoms with Gasteiger partial charge in [-0.25, -0.2) is 9.78 Å². The molecule has 1 heterocycles. The summed E-state index contributed by atoms with van der Waals surface area (Å²) in [6, 6.07) is 20.9. The third-order valence-electron chi connectivity index (χ3n) is 3.87. The lowest BCUT2D eigenvalue weighted by molar-refractivity contribution is 0.262. The molecule has 0 aliphatic heterocycles. The van der Waals surface area contributed by atoms with Crippen LogP contribution in [0.25, 0.3) is 22.0 Å². The Morgan fingerprint density at radius 2 is 1.77 bits per heavy atom. The second-order valence-corrected chi connectivity index (χ2v) is 6.95. The number of thiazole rings is 1. The Morgan fingerprint density at radius 1 is 0.962 bits per heavy atom. The van der Waals surface area contributed by atoms with Crippen LogP contribution in [0.5, 0.6) is 0 Å². The minimum absolute atomic E-state index is 0.355. The average molecular weight is 380 g/mol. The number of carbonyl (C=O) groups is 1. The Kier molecular flexibility index (Phi) is 4.56. The van der Waals surface area contributed by atoms with Gasteiger partial charge in [0.05, 0.1) is 5.69 Å². The number of benzene rings is 3. The Labute approximate surface area is 159 Å². The molecule has 128 valence electrons. The molecule has 3 aromatic carbocycles. The fraction of sp³-hybridized carbons (Fsp3) is 0. The first-order chi connectivity index (χ1) is 12.7. The summed E-state index contributed by atoms with van der Waals surface area (Å²) in [5, 5.41) is 10.8. The van der Waals surface area contributed by atoms with Gasteiger partial charge in [0.2, 0.25) is 0 Å². The molecule has 4 rings (SSSR count). The second kappa shape index (κ2) is 7.15. The second-order valence-electron chi connectivity index (χ2n) is 5.65. The summed E-state index contributed by atoms with van der Waals surface area (Å²) >= 11 is 7.31. The van der Waals surface area contributed by atoms with Crippen molar-refractivity contribution in [2.24, 2.45) is 0 Å². The fourth-order valence-electron chi connectivity index (χ4n) is 2.73.